The van der Waals surface area contributed by atoms with Gasteiger partial charge in [-0.05, 0) is 63.9 Å². The van der Waals surface area contributed by atoms with Crippen LogP contribution in [0.1, 0.15) is 48.2 Å². The first-order valence-electron chi connectivity index (χ1n) is 10.4. The van der Waals surface area contributed by atoms with Gasteiger partial charge in [0.2, 0.25) is 5.78 Å². The molecule has 0 bridgehead atoms. The molecule has 0 unspecified atom stereocenters. The van der Waals surface area contributed by atoms with Gasteiger partial charge in [0, 0.05) is 18.3 Å². The minimum atomic E-state index is -1.08. The van der Waals surface area contributed by atoms with Crippen LogP contribution in [0.2, 0.25) is 0 Å². The van der Waals surface area contributed by atoms with Crippen molar-refractivity contribution in [2.45, 2.75) is 45.3 Å². The number of pyridine rings is 1. The standard InChI is InChI=1S/C23H25FN4O3/c1-14-6-4-11-26-21(14)28(16-7-5-10-25-13-16)22(30)17-9-8-15(12-18(17)24)19-20(29)23(2,3)31-27-19/h4,6,8-9,11-12,16,25H,5,7,10,13H2,1-3H3/t16-/m1/s1. The van der Waals surface area contributed by atoms with Gasteiger partial charge in [-0.15, -0.1) is 0 Å². The molecular formula is C23H25FN4O3. The van der Waals surface area contributed by atoms with E-state index < -0.39 is 17.3 Å². The Morgan fingerprint density at radius 2 is 2.13 bits per heavy atom. The topological polar surface area (TPSA) is 83.9 Å². The van der Waals surface area contributed by atoms with E-state index >= 15 is 4.39 Å². The lowest BCUT2D eigenvalue weighted by atomic mass is 9.95. The van der Waals surface area contributed by atoms with Gasteiger partial charge in [-0.1, -0.05) is 17.3 Å². The van der Waals surface area contributed by atoms with Crippen molar-refractivity contribution >= 4 is 23.2 Å². The lowest BCUT2D eigenvalue weighted by Crippen LogP contribution is -2.49. The summed E-state index contributed by atoms with van der Waals surface area (Å²) in [6, 6.07) is 7.64. The van der Waals surface area contributed by atoms with Crippen LogP contribution in [0.4, 0.5) is 10.2 Å². The summed E-state index contributed by atoms with van der Waals surface area (Å²) in [5, 5.41) is 7.11. The maximum Gasteiger partial charge on any atom is 0.262 e. The third-order valence-electron chi connectivity index (χ3n) is 5.66. The SMILES string of the molecule is Cc1cccnc1N(C(=O)c1ccc(C2=NOC(C)(C)C2=O)cc1F)[C@@H]1CCCNC1. The molecule has 3 heterocycles. The minimum Gasteiger partial charge on any atom is -0.381 e. The molecule has 0 spiro atoms. The number of amides is 1. The van der Waals surface area contributed by atoms with Crippen molar-refractivity contribution in [1.29, 1.82) is 0 Å². The summed E-state index contributed by atoms with van der Waals surface area (Å²) >= 11 is 0. The Morgan fingerprint density at radius 3 is 2.74 bits per heavy atom. The number of carbonyl (C=O) groups is 2. The van der Waals surface area contributed by atoms with Gasteiger partial charge in [0.1, 0.15) is 11.6 Å². The highest BCUT2D eigenvalue weighted by molar-refractivity contribution is 6.49. The van der Waals surface area contributed by atoms with Crippen LogP contribution in [0.15, 0.2) is 41.7 Å². The predicted molar refractivity (Wildman–Crippen MR) is 115 cm³/mol. The molecule has 1 aromatic carbocycles. The van der Waals surface area contributed by atoms with Crippen LogP contribution in [-0.2, 0) is 9.63 Å². The van der Waals surface area contributed by atoms with Crippen LogP contribution in [0, 0.1) is 12.7 Å². The number of Topliss-reactive ketones (excluding diaryl/α,β-unsaturated/α-hetero) is 1. The summed E-state index contributed by atoms with van der Waals surface area (Å²) < 4.78 is 15.1. The second kappa shape index (κ2) is 8.19. The van der Waals surface area contributed by atoms with E-state index in [1.165, 1.54) is 12.1 Å². The molecular weight excluding hydrogens is 399 g/mol. The van der Waals surface area contributed by atoms with E-state index in [2.05, 4.69) is 15.5 Å². The van der Waals surface area contributed by atoms with E-state index in [0.29, 0.717) is 12.4 Å². The number of piperidine rings is 1. The fourth-order valence-electron chi connectivity index (χ4n) is 3.90. The van der Waals surface area contributed by atoms with Gasteiger partial charge in [-0.3, -0.25) is 14.5 Å². The molecule has 0 aliphatic carbocycles. The van der Waals surface area contributed by atoms with Crippen LogP contribution >= 0.6 is 0 Å². The number of hydrogen-bond acceptors (Lipinski definition) is 6. The van der Waals surface area contributed by atoms with E-state index in [-0.39, 0.29) is 28.7 Å². The lowest BCUT2D eigenvalue weighted by molar-refractivity contribution is -0.128. The van der Waals surface area contributed by atoms with Gasteiger partial charge < -0.3 is 10.2 Å². The van der Waals surface area contributed by atoms with Crippen molar-refractivity contribution < 1.29 is 18.8 Å². The van der Waals surface area contributed by atoms with Crippen LogP contribution in [0.3, 0.4) is 0 Å². The van der Waals surface area contributed by atoms with Crippen molar-refractivity contribution in [3.8, 4) is 0 Å². The van der Waals surface area contributed by atoms with Gasteiger partial charge in [-0.25, -0.2) is 9.37 Å². The molecule has 4 rings (SSSR count). The zero-order valence-corrected chi connectivity index (χ0v) is 17.8. The molecule has 8 heteroatoms. The molecule has 0 radical (unpaired) electrons. The zero-order chi connectivity index (χ0) is 22.2. The molecule has 7 nitrogen and oxygen atoms in total. The van der Waals surface area contributed by atoms with Crippen molar-refractivity contribution in [3.05, 3.63) is 59.0 Å². The fourth-order valence-corrected chi connectivity index (χ4v) is 3.90. The first-order valence-corrected chi connectivity index (χ1v) is 10.4. The second-order valence-corrected chi connectivity index (χ2v) is 8.38. The molecule has 1 fully saturated rings. The zero-order valence-electron chi connectivity index (χ0n) is 17.8. The number of aryl methyl sites for hydroxylation is 1. The number of benzene rings is 1. The average molecular weight is 424 g/mol. The molecule has 1 saturated heterocycles. The predicted octanol–water partition coefficient (Wildman–Crippen LogP) is 3.01. The fraction of sp³-hybridized carbons (Fsp3) is 0.391. The Bertz CT molecular complexity index is 1060. The number of hydrogen-bond donors (Lipinski definition) is 1. The molecule has 1 atom stereocenters. The van der Waals surface area contributed by atoms with E-state index in [9.17, 15) is 9.59 Å². The van der Waals surface area contributed by atoms with Gasteiger partial charge in [0.25, 0.3) is 5.91 Å². The van der Waals surface area contributed by atoms with Crippen LogP contribution in [-0.4, -0.2) is 47.1 Å². The second-order valence-electron chi connectivity index (χ2n) is 8.38. The first-order chi connectivity index (χ1) is 14.8. The Balaban J connectivity index is 1.69. The highest BCUT2D eigenvalue weighted by Gasteiger charge is 2.40. The van der Waals surface area contributed by atoms with Gasteiger partial charge >= 0.3 is 0 Å². The number of aromatic nitrogens is 1. The van der Waals surface area contributed by atoms with Crippen molar-refractivity contribution in [2.75, 3.05) is 18.0 Å². The summed E-state index contributed by atoms with van der Waals surface area (Å²) in [6.07, 6.45) is 3.34. The summed E-state index contributed by atoms with van der Waals surface area (Å²) in [7, 11) is 0. The van der Waals surface area contributed by atoms with Gasteiger partial charge in [0.05, 0.1) is 11.6 Å². The summed E-state index contributed by atoms with van der Waals surface area (Å²) in [5.41, 5.74) is 0.0115. The number of oxime groups is 1. The smallest absolute Gasteiger partial charge is 0.262 e. The summed E-state index contributed by atoms with van der Waals surface area (Å²) in [6.45, 7) is 6.58. The van der Waals surface area contributed by atoms with E-state index in [4.69, 9.17) is 4.84 Å². The Labute approximate surface area is 180 Å². The maximum absolute atomic E-state index is 15.1. The first kappa shape index (κ1) is 21.1. The molecule has 162 valence electrons. The summed E-state index contributed by atoms with van der Waals surface area (Å²) in [4.78, 5) is 37.1. The van der Waals surface area contributed by atoms with Crippen molar-refractivity contribution in [3.63, 3.8) is 0 Å². The lowest BCUT2D eigenvalue weighted by Gasteiger charge is -2.34. The molecule has 0 saturated carbocycles. The van der Waals surface area contributed by atoms with Gasteiger partial charge in [-0.2, -0.15) is 0 Å². The monoisotopic (exact) mass is 424 g/mol. The van der Waals surface area contributed by atoms with E-state index in [0.717, 1.165) is 31.0 Å². The van der Waals surface area contributed by atoms with E-state index in [1.54, 1.807) is 31.0 Å². The third-order valence-corrected chi connectivity index (χ3v) is 5.66. The van der Waals surface area contributed by atoms with Crippen molar-refractivity contribution in [1.82, 2.24) is 10.3 Å². The summed E-state index contributed by atoms with van der Waals surface area (Å²) in [5.74, 6) is -0.985. The van der Waals surface area contributed by atoms with E-state index in [1.807, 2.05) is 13.0 Å². The quantitative estimate of drug-likeness (QED) is 0.816. The van der Waals surface area contributed by atoms with Gasteiger partial charge in [0.15, 0.2) is 11.3 Å². The normalized spacial score (nSPS) is 20.2. The molecule has 1 amide bonds. The Kier molecular flexibility index (Phi) is 5.58. The highest BCUT2D eigenvalue weighted by atomic mass is 19.1. The number of rotatable bonds is 4. The molecule has 2 aliphatic rings. The number of carbonyl (C=O) groups excluding carboxylic acids is 2. The van der Waals surface area contributed by atoms with Crippen LogP contribution in [0.25, 0.3) is 0 Å². The Hall–Kier alpha value is -3.13. The molecule has 2 aromatic rings. The highest BCUT2D eigenvalue weighted by Crippen LogP contribution is 2.27. The number of nitrogens with one attached hydrogen (secondary N) is 1. The maximum atomic E-state index is 15.1. The van der Waals surface area contributed by atoms with Crippen LogP contribution in [0.5, 0.6) is 0 Å². The molecule has 31 heavy (non-hydrogen) atoms. The minimum absolute atomic E-state index is 0.0526. The van der Waals surface area contributed by atoms with Crippen LogP contribution < -0.4 is 10.2 Å². The third kappa shape index (κ3) is 3.95. The molecule has 2 aliphatic heterocycles. The average Bonchev–Trinajstić information content (AvgIpc) is 3.03. The molecule has 1 aromatic heterocycles. The number of anilines is 1. The number of ketones is 1. The molecule has 1 N–H and O–H groups in total. The Morgan fingerprint density at radius 1 is 1.32 bits per heavy atom. The number of halogens is 1. The number of nitrogens with zero attached hydrogens (tertiary/aromatic N) is 3. The largest absolute Gasteiger partial charge is 0.381 e. The van der Waals surface area contributed by atoms with Crippen molar-refractivity contribution in [2.24, 2.45) is 5.16 Å².